The molecule has 0 saturated heterocycles. The molecule has 1 heteroatoms. The van der Waals surface area contributed by atoms with Crippen molar-refractivity contribution < 1.29 is 4.74 Å². The minimum Gasteiger partial charge on any atom is -0.494 e. The first kappa shape index (κ1) is 12.1. The Bertz CT molecular complexity index is 259. The molecule has 0 saturated carbocycles. The molecule has 0 N–H and O–H groups in total. The quantitative estimate of drug-likeness (QED) is 0.671. The van der Waals surface area contributed by atoms with Crippen LogP contribution < -0.4 is 4.74 Å². The van der Waals surface area contributed by atoms with E-state index >= 15 is 0 Å². The van der Waals surface area contributed by atoms with Crippen LogP contribution in [-0.2, 0) is 0 Å². The zero-order chi connectivity index (χ0) is 11.1. The highest BCUT2D eigenvalue weighted by molar-refractivity contribution is 5.29. The van der Waals surface area contributed by atoms with Crippen molar-refractivity contribution in [3.05, 3.63) is 29.8 Å². The van der Waals surface area contributed by atoms with Crippen LogP contribution in [0.5, 0.6) is 5.75 Å². The Labute approximate surface area is 93.5 Å². The fraction of sp³-hybridized carbons (Fsp3) is 0.571. The number of hydrogen-bond acceptors (Lipinski definition) is 1. The van der Waals surface area contributed by atoms with Gasteiger partial charge in [0, 0.05) is 0 Å². The van der Waals surface area contributed by atoms with E-state index in [-0.39, 0.29) is 0 Å². The van der Waals surface area contributed by atoms with Gasteiger partial charge in [-0.05, 0) is 42.9 Å². The first-order valence-corrected chi connectivity index (χ1v) is 6.04. The molecule has 0 bridgehead atoms. The third-order valence-electron chi connectivity index (χ3n) is 2.81. The second-order valence-electron chi connectivity index (χ2n) is 3.93. The van der Waals surface area contributed by atoms with E-state index in [1.54, 1.807) is 0 Å². The lowest BCUT2D eigenvalue weighted by atomic mass is 9.94. The SMILES string of the molecule is CCCOc1ccc(C(CC)CC)cc1. The van der Waals surface area contributed by atoms with Crippen LogP contribution in [0.2, 0.25) is 0 Å². The van der Waals surface area contributed by atoms with Crippen LogP contribution in [0.3, 0.4) is 0 Å². The van der Waals surface area contributed by atoms with Crippen LogP contribution in [-0.4, -0.2) is 6.61 Å². The normalized spacial score (nSPS) is 10.7. The Hall–Kier alpha value is -0.980. The molecule has 0 aliphatic heterocycles. The summed E-state index contributed by atoms with van der Waals surface area (Å²) in [5.74, 6) is 1.69. The van der Waals surface area contributed by atoms with Crippen LogP contribution in [0.4, 0.5) is 0 Å². The van der Waals surface area contributed by atoms with Crippen molar-refractivity contribution in [3.8, 4) is 5.75 Å². The van der Waals surface area contributed by atoms with E-state index < -0.39 is 0 Å². The van der Waals surface area contributed by atoms with Crippen molar-refractivity contribution in [1.82, 2.24) is 0 Å². The number of rotatable bonds is 6. The Kier molecular flexibility index (Phi) is 5.23. The summed E-state index contributed by atoms with van der Waals surface area (Å²) in [6.07, 6.45) is 3.49. The van der Waals surface area contributed by atoms with Crippen LogP contribution in [0.15, 0.2) is 24.3 Å². The number of ether oxygens (including phenoxy) is 1. The fourth-order valence-corrected chi connectivity index (χ4v) is 1.82. The van der Waals surface area contributed by atoms with Crippen molar-refractivity contribution in [2.24, 2.45) is 0 Å². The predicted octanol–water partition coefficient (Wildman–Crippen LogP) is 4.38. The van der Waals surface area contributed by atoms with Gasteiger partial charge in [0.15, 0.2) is 0 Å². The standard InChI is InChI=1S/C14H22O/c1-4-11-15-14-9-7-13(8-10-14)12(5-2)6-3/h7-10,12H,4-6,11H2,1-3H3. The molecule has 1 rings (SSSR count). The topological polar surface area (TPSA) is 9.23 Å². The zero-order valence-electron chi connectivity index (χ0n) is 10.1. The first-order chi connectivity index (χ1) is 7.31. The summed E-state index contributed by atoms with van der Waals surface area (Å²) in [6, 6.07) is 8.57. The molecule has 0 radical (unpaired) electrons. The monoisotopic (exact) mass is 206 g/mol. The van der Waals surface area contributed by atoms with Gasteiger partial charge in [0.25, 0.3) is 0 Å². The molecule has 0 heterocycles. The third kappa shape index (κ3) is 3.58. The second-order valence-corrected chi connectivity index (χ2v) is 3.93. The Morgan fingerprint density at radius 2 is 1.60 bits per heavy atom. The third-order valence-corrected chi connectivity index (χ3v) is 2.81. The maximum absolute atomic E-state index is 5.56. The molecule has 0 fully saturated rings. The van der Waals surface area contributed by atoms with Gasteiger partial charge in [-0.3, -0.25) is 0 Å². The molecule has 0 aliphatic rings. The van der Waals surface area contributed by atoms with Crippen LogP contribution in [0.1, 0.15) is 51.5 Å². The largest absolute Gasteiger partial charge is 0.494 e. The van der Waals surface area contributed by atoms with Gasteiger partial charge in [-0.1, -0.05) is 32.9 Å². The summed E-state index contributed by atoms with van der Waals surface area (Å²) < 4.78 is 5.56. The Morgan fingerprint density at radius 3 is 2.07 bits per heavy atom. The van der Waals surface area contributed by atoms with E-state index in [1.807, 2.05) is 0 Å². The molecule has 0 aromatic heterocycles. The van der Waals surface area contributed by atoms with Crippen molar-refractivity contribution in [2.75, 3.05) is 6.61 Å². The minimum atomic E-state index is 0.699. The van der Waals surface area contributed by atoms with Crippen molar-refractivity contribution in [3.63, 3.8) is 0 Å². The van der Waals surface area contributed by atoms with Crippen molar-refractivity contribution in [1.29, 1.82) is 0 Å². The molecule has 1 aromatic rings. The molecule has 0 unspecified atom stereocenters. The average molecular weight is 206 g/mol. The molecule has 1 aromatic carbocycles. The summed E-state index contributed by atoms with van der Waals surface area (Å²) in [6.45, 7) is 7.42. The highest BCUT2D eigenvalue weighted by atomic mass is 16.5. The van der Waals surface area contributed by atoms with E-state index in [9.17, 15) is 0 Å². The van der Waals surface area contributed by atoms with Gasteiger partial charge in [-0.2, -0.15) is 0 Å². The lowest BCUT2D eigenvalue weighted by Gasteiger charge is -2.13. The molecule has 84 valence electrons. The van der Waals surface area contributed by atoms with Crippen LogP contribution in [0.25, 0.3) is 0 Å². The number of benzene rings is 1. The first-order valence-electron chi connectivity index (χ1n) is 6.04. The van der Waals surface area contributed by atoms with Gasteiger partial charge in [-0.25, -0.2) is 0 Å². The summed E-state index contributed by atoms with van der Waals surface area (Å²) in [5.41, 5.74) is 1.43. The molecule has 0 atom stereocenters. The van der Waals surface area contributed by atoms with E-state index in [1.165, 1.54) is 18.4 Å². The maximum atomic E-state index is 5.56. The highest BCUT2D eigenvalue weighted by Crippen LogP contribution is 2.24. The Balaban J connectivity index is 2.62. The van der Waals surface area contributed by atoms with E-state index in [0.717, 1.165) is 18.8 Å². The molecular formula is C14H22O. The predicted molar refractivity (Wildman–Crippen MR) is 65.6 cm³/mol. The summed E-state index contributed by atoms with van der Waals surface area (Å²) in [4.78, 5) is 0. The lowest BCUT2D eigenvalue weighted by Crippen LogP contribution is -1.97. The van der Waals surface area contributed by atoms with Gasteiger partial charge < -0.3 is 4.74 Å². The summed E-state index contributed by atoms with van der Waals surface area (Å²) >= 11 is 0. The van der Waals surface area contributed by atoms with Gasteiger partial charge >= 0.3 is 0 Å². The average Bonchev–Trinajstić information content (AvgIpc) is 2.29. The van der Waals surface area contributed by atoms with Gasteiger partial charge in [0.05, 0.1) is 6.61 Å². The zero-order valence-corrected chi connectivity index (χ0v) is 10.1. The van der Waals surface area contributed by atoms with Gasteiger partial charge in [0.1, 0.15) is 5.75 Å². The highest BCUT2D eigenvalue weighted by Gasteiger charge is 2.06. The lowest BCUT2D eigenvalue weighted by molar-refractivity contribution is 0.317. The van der Waals surface area contributed by atoms with Gasteiger partial charge in [-0.15, -0.1) is 0 Å². The fourth-order valence-electron chi connectivity index (χ4n) is 1.82. The Morgan fingerprint density at radius 1 is 1.00 bits per heavy atom. The molecular weight excluding hydrogens is 184 g/mol. The van der Waals surface area contributed by atoms with E-state index in [0.29, 0.717) is 5.92 Å². The van der Waals surface area contributed by atoms with Crippen LogP contribution >= 0.6 is 0 Å². The smallest absolute Gasteiger partial charge is 0.119 e. The number of hydrogen-bond donors (Lipinski definition) is 0. The van der Waals surface area contributed by atoms with Crippen molar-refractivity contribution >= 4 is 0 Å². The van der Waals surface area contributed by atoms with Crippen molar-refractivity contribution in [2.45, 2.75) is 46.0 Å². The second kappa shape index (κ2) is 6.49. The van der Waals surface area contributed by atoms with E-state index in [4.69, 9.17) is 4.74 Å². The molecule has 0 aliphatic carbocycles. The molecule has 0 amide bonds. The molecule has 0 spiro atoms. The summed E-state index contributed by atoms with van der Waals surface area (Å²) in [7, 11) is 0. The maximum Gasteiger partial charge on any atom is 0.119 e. The molecule has 15 heavy (non-hydrogen) atoms. The molecule has 1 nitrogen and oxygen atoms in total. The van der Waals surface area contributed by atoms with Gasteiger partial charge in [0.2, 0.25) is 0 Å². The summed E-state index contributed by atoms with van der Waals surface area (Å²) in [5, 5.41) is 0. The van der Waals surface area contributed by atoms with E-state index in [2.05, 4.69) is 45.0 Å². The minimum absolute atomic E-state index is 0.699. The van der Waals surface area contributed by atoms with Crippen LogP contribution in [0, 0.1) is 0 Å².